The van der Waals surface area contributed by atoms with E-state index in [9.17, 15) is 4.39 Å². The summed E-state index contributed by atoms with van der Waals surface area (Å²) in [6, 6.07) is 0. The van der Waals surface area contributed by atoms with Crippen molar-refractivity contribution in [2.75, 3.05) is 13.6 Å². The first-order valence-electron chi connectivity index (χ1n) is 6.60. The molecular formula is C14H16ClFN6. The van der Waals surface area contributed by atoms with E-state index >= 15 is 0 Å². The first kappa shape index (κ1) is 16.1. The summed E-state index contributed by atoms with van der Waals surface area (Å²) in [6.45, 7) is 2.01. The summed E-state index contributed by atoms with van der Waals surface area (Å²) in [7, 11) is 1.55. The Morgan fingerprint density at radius 2 is 2.32 bits per heavy atom. The van der Waals surface area contributed by atoms with E-state index < -0.39 is 5.83 Å². The van der Waals surface area contributed by atoms with E-state index in [0.717, 1.165) is 11.3 Å². The van der Waals surface area contributed by atoms with Gasteiger partial charge in [0.2, 0.25) is 0 Å². The van der Waals surface area contributed by atoms with E-state index in [-0.39, 0.29) is 11.7 Å². The van der Waals surface area contributed by atoms with Crippen molar-refractivity contribution in [3.8, 4) is 0 Å². The highest BCUT2D eigenvalue weighted by Gasteiger charge is 2.19. The van der Waals surface area contributed by atoms with Gasteiger partial charge >= 0.3 is 0 Å². The van der Waals surface area contributed by atoms with Gasteiger partial charge in [0.05, 0.1) is 17.3 Å². The first-order valence-corrected chi connectivity index (χ1v) is 6.98. The van der Waals surface area contributed by atoms with Crippen LogP contribution in [0.15, 0.2) is 54.4 Å². The second kappa shape index (κ2) is 7.13. The molecule has 0 atom stereocenters. The van der Waals surface area contributed by atoms with E-state index in [4.69, 9.17) is 17.3 Å². The maximum absolute atomic E-state index is 13.4. The molecule has 6 nitrogen and oxygen atoms in total. The van der Waals surface area contributed by atoms with Gasteiger partial charge in [-0.2, -0.15) is 5.10 Å². The smallest absolute Gasteiger partial charge is 0.173 e. The number of aliphatic imine (C=N–C) groups is 3. The molecule has 0 radical (unpaired) electrons. The zero-order chi connectivity index (χ0) is 16.1. The Bertz CT molecular complexity index is 681. The van der Waals surface area contributed by atoms with E-state index in [1.807, 2.05) is 6.08 Å². The minimum absolute atomic E-state index is 0.233. The molecule has 3 N–H and O–H groups in total. The molecule has 2 aliphatic heterocycles. The third-order valence-corrected chi connectivity index (χ3v) is 3.25. The highest BCUT2D eigenvalue weighted by atomic mass is 35.5. The van der Waals surface area contributed by atoms with Crippen molar-refractivity contribution in [1.82, 2.24) is 5.43 Å². The molecule has 22 heavy (non-hydrogen) atoms. The van der Waals surface area contributed by atoms with Crippen LogP contribution in [0.4, 0.5) is 4.39 Å². The van der Waals surface area contributed by atoms with Gasteiger partial charge in [-0.1, -0.05) is 11.6 Å². The molecule has 2 rings (SSSR count). The third-order valence-electron chi connectivity index (χ3n) is 3.04. The average Bonchev–Trinajstić information content (AvgIpc) is 2.71. The van der Waals surface area contributed by atoms with Gasteiger partial charge < -0.3 is 5.73 Å². The summed E-state index contributed by atoms with van der Waals surface area (Å²) in [5, 5.41) is 4.75. The standard InChI is InChI=1S/C14H16ClFN6/c1-3-10(16)13(17)20-14(18-2)11-5-8-4-9(15)6-19-7-12(8)22-21-11/h3-4,6,22H,5,7H2,1-2H3,(H2,17,18,20)/b10-3+. The molecule has 0 aromatic carbocycles. The SMILES string of the molecule is C/C=C(/F)C(N)=NC(=NC)C1=NNC2=C(C=C(Cl)C=NC2)C1. The lowest BCUT2D eigenvalue weighted by Gasteiger charge is -2.17. The molecule has 0 saturated heterocycles. The van der Waals surface area contributed by atoms with Crippen molar-refractivity contribution >= 4 is 35.2 Å². The molecule has 116 valence electrons. The maximum atomic E-state index is 13.4. The number of hydrogen-bond acceptors (Lipinski definition) is 4. The van der Waals surface area contributed by atoms with Crippen molar-refractivity contribution in [2.24, 2.45) is 25.8 Å². The number of allylic oxidation sites excluding steroid dienone is 4. The lowest BCUT2D eigenvalue weighted by Crippen LogP contribution is -2.27. The van der Waals surface area contributed by atoms with Crippen LogP contribution in [0.5, 0.6) is 0 Å². The minimum atomic E-state index is -0.601. The van der Waals surface area contributed by atoms with Crippen LogP contribution < -0.4 is 11.2 Å². The van der Waals surface area contributed by atoms with Gasteiger partial charge in [0, 0.05) is 19.7 Å². The number of halogens is 2. The largest absolute Gasteiger partial charge is 0.381 e. The molecule has 0 unspecified atom stereocenters. The summed E-state index contributed by atoms with van der Waals surface area (Å²) in [5.41, 5.74) is 10.8. The summed E-state index contributed by atoms with van der Waals surface area (Å²) in [6.07, 6.45) is 5.09. The van der Waals surface area contributed by atoms with Crippen molar-refractivity contribution in [3.05, 3.63) is 34.3 Å². The monoisotopic (exact) mass is 322 g/mol. The van der Waals surface area contributed by atoms with Crippen molar-refractivity contribution in [2.45, 2.75) is 13.3 Å². The predicted octanol–water partition coefficient (Wildman–Crippen LogP) is 2.06. The molecule has 2 aliphatic rings. The maximum Gasteiger partial charge on any atom is 0.173 e. The fraction of sp³-hybridized carbons (Fsp3) is 0.286. The normalized spacial score (nSPS) is 20.1. The lowest BCUT2D eigenvalue weighted by molar-refractivity contribution is 0.677. The van der Waals surface area contributed by atoms with Gasteiger partial charge in [-0.15, -0.1) is 0 Å². The lowest BCUT2D eigenvalue weighted by atomic mass is 10.0. The second-order valence-corrected chi connectivity index (χ2v) is 4.97. The molecular weight excluding hydrogens is 307 g/mol. The number of hydrazone groups is 1. The van der Waals surface area contributed by atoms with Crippen LogP contribution in [0.3, 0.4) is 0 Å². The van der Waals surface area contributed by atoms with Crippen LogP contribution >= 0.6 is 11.6 Å². The zero-order valence-corrected chi connectivity index (χ0v) is 13.0. The van der Waals surface area contributed by atoms with Crippen molar-refractivity contribution < 1.29 is 4.39 Å². The van der Waals surface area contributed by atoms with Crippen LogP contribution in [-0.4, -0.2) is 37.2 Å². The van der Waals surface area contributed by atoms with Gasteiger partial charge in [-0.25, -0.2) is 9.38 Å². The van der Waals surface area contributed by atoms with E-state index in [1.54, 1.807) is 13.3 Å². The van der Waals surface area contributed by atoms with Gasteiger partial charge in [0.25, 0.3) is 0 Å². The fourth-order valence-corrected chi connectivity index (χ4v) is 2.13. The number of hydrogen-bond donors (Lipinski definition) is 2. The molecule has 0 bridgehead atoms. The van der Waals surface area contributed by atoms with Gasteiger partial charge in [0.15, 0.2) is 17.5 Å². The number of amidine groups is 2. The van der Waals surface area contributed by atoms with Gasteiger partial charge in [-0.3, -0.25) is 15.4 Å². The molecule has 0 aromatic heterocycles. The Labute approximate surface area is 132 Å². The first-order chi connectivity index (χ1) is 10.5. The predicted molar refractivity (Wildman–Crippen MR) is 89.4 cm³/mol. The highest BCUT2D eigenvalue weighted by molar-refractivity contribution is 6.44. The van der Waals surface area contributed by atoms with Crippen LogP contribution in [0.25, 0.3) is 0 Å². The molecule has 0 fully saturated rings. The van der Waals surface area contributed by atoms with E-state index in [0.29, 0.717) is 23.7 Å². The molecule has 0 saturated carbocycles. The molecule has 8 heteroatoms. The fourth-order valence-electron chi connectivity index (χ4n) is 1.92. The topological polar surface area (TPSA) is 87.5 Å². The molecule has 2 heterocycles. The average molecular weight is 323 g/mol. The second-order valence-electron chi connectivity index (χ2n) is 4.53. The Hall–Kier alpha value is -2.28. The van der Waals surface area contributed by atoms with E-state index in [1.165, 1.54) is 13.0 Å². The Balaban J connectivity index is 2.24. The molecule has 0 spiro atoms. The third kappa shape index (κ3) is 3.67. The number of nitrogens with one attached hydrogen (secondary N) is 1. The summed E-state index contributed by atoms with van der Waals surface area (Å²) < 4.78 is 13.4. The summed E-state index contributed by atoms with van der Waals surface area (Å²) in [5.74, 6) is -0.567. The van der Waals surface area contributed by atoms with Crippen LogP contribution in [0.1, 0.15) is 13.3 Å². The quantitative estimate of drug-likeness (QED) is 0.602. The summed E-state index contributed by atoms with van der Waals surface area (Å²) >= 11 is 6.02. The molecule has 0 amide bonds. The molecule has 0 aliphatic carbocycles. The number of rotatable bonds is 2. The minimum Gasteiger partial charge on any atom is -0.381 e. The number of nitrogens with two attached hydrogens (primary N) is 1. The zero-order valence-electron chi connectivity index (χ0n) is 12.3. The molecule has 0 aromatic rings. The van der Waals surface area contributed by atoms with Gasteiger partial charge in [-0.05, 0) is 24.6 Å². The van der Waals surface area contributed by atoms with Gasteiger partial charge in [0.1, 0.15) is 5.71 Å². The van der Waals surface area contributed by atoms with Crippen molar-refractivity contribution in [1.29, 1.82) is 0 Å². The van der Waals surface area contributed by atoms with Crippen LogP contribution in [0, 0.1) is 0 Å². The van der Waals surface area contributed by atoms with Crippen LogP contribution in [0.2, 0.25) is 0 Å². The number of nitrogens with zero attached hydrogens (tertiary/aromatic N) is 4. The van der Waals surface area contributed by atoms with E-state index in [2.05, 4.69) is 25.5 Å². The van der Waals surface area contributed by atoms with Crippen molar-refractivity contribution in [3.63, 3.8) is 0 Å². The Kier molecular flexibility index (Phi) is 5.21. The highest BCUT2D eigenvalue weighted by Crippen LogP contribution is 2.20. The Morgan fingerprint density at radius 3 is 3.00 bits per heavy atom. The summed E-state index contributed by atoms with van der Waals surface area (Å²) in [4.78, 5) is 12.2. The Morgan fingerprint density at radius 1 is 1.55 bits per heavy atom. The van der Waals surface area contributed by atoms with Crippen LogP contribution in [-0.2, 0) is 0 Å².